The highest BCUT2D eigenvalue weighted by atomic mass is 16.1. The van der Waals surface area contributed by atoms with Gasteiger partial charge >= 0.3 is 0 Å². The first-order valence-corrected chi connectivity index (χ1v) is 3.08. The monoisotopic (exact) mass is 147 g/mol. The standard InChI is InChI=1S/C8H7N2O/c9-8-4-2-1-3-7(8)5-10-6-11/h1-4,6H,9H2. The van der Waals surface area contributed by atoms with Crippen molar-refractivity contribution in [2.75, 3.05) is 5.73 Å². The van der Waals surface area contributed by atoms with Crippen LogP contribution < -0.4 is 5.73 Å². The lowest BCUT2D eigenvalue weighted by molar-refractivity contribution is -0.106. The van der Waals surface area contributed by atoms with E-state index in [0.29, 0.717) is 17.7 Å². The van der Waals surface area contributed by atoms with Gasteiger partial charge in [0.15, 0.2) is 0 Å². The molecule has 0 heterocycles. The van der Waals surface area contributed by atoms with E-state index in [1.54, 1.807) is 24.3 Å². The van der Waals surface area contributed by atoms with Gasteiger partial charge in [-0.25, -0.2) is 4.99 Å². The molecule has 1 aromatic rings. The Balaban J connectivity index is 2.94. The van der Waals surface area contributed by atoms with Gasteiger partial charge in [-0.05, 0) is 6.07 Å². The summed E-state index contributed by atoms with van der Waals surface area (Å²) in [6.07, 6.45) is 2.92. The molecule has 1 amide bonds. The lowest BCUT2D eigenvalue weighted by Gasteiger charge is -1.94. The molecule has 0 fully saturated rings. The van der Waals surface area contributed by atoms with Crippen molar-refractivity contribution in [3.8, 4) is 0 Å². The van der Waals surface area contributed by atoms with E-state index in [0.717, 1.165) is 0 Å². The molecule has 0 bridgehead atoms. The second-order valence-electron chi connectivity index (χ2n) is 1.93. The van der Waals surface area contributed by atoms with Crippen LogP contribution in [0.3, 0.4) is 0 Å². The SMILES string of the molecule is Nc1ccccc1/[C]=N\C=O. The number of carbonyl (C=O) groups is 1. The molecule has 0 aliphatic rings. The Bertz CT molecular complexity index is 281. The van der Waals surface area contributed by atoms with E-state index in [1.165, 1.54) is 0 Å². The van der Waals surface area contributed by atoms with E-state index in [4.69, 9.17) is 5.73 Å². The summed E-state index contributed by atoms with van der Waals surface area (Å²) in [4.78, 5) is 13.1. The largest absolute Gasteiger partial charge is 0.398 e. The van der Waals surface area contributed by atoms with Gasteiger partial charge < -0.3 is 5.73 Å². The fourth-order valence-corrected chi connectivity index (χ4v) is 0.695. The molecule has 3 heteroatoms. The van der Waals surface area contributed by atoms with Crippen LogP contribution in [0.25, 0.3) is 0 Å². The summed E-state index contributed by atoms with van der Waals surface area (Å²) in [5, 5.41) is 0. The second-order valence-corrected chi connectivity index (χ2v) is 1.93. The maximum Gasteiger partial charge on any atom is 0.233 e. The van der Waals surface area contributed by atoms with E-state index < -0.39 is 0 Å². The van der Waals surface area contributed by atoms with Crippen molar-refractivity contribution in [1.29, 1.82) is 0 Å². The maximum absolute atomic E-state index is 9.82. The van der Waals surface area contributed by atoms with Gasteiger partial charge in [0.1, 0.15) is 6.21 Å². The zero-order valence-electron chi connectivity index (χ0n) is 5.82. The zero-order valence-corrected chi connectivity index (χ0v) is 5.82. The Kier molecular flexibility index (Phi) is 2.38. The van der Waals surface area contributed by atoms with Crippen LogP contribution in [0.4, 0.5) is 5.69 Å². The van der Waals surface area contributed by atoms with E-state index >= 15 is 0 Å². The van der Waals surface area contributed by atoms with Gasteiger partial charge in [-0.2, -0.15) is 0 Å². The molecule has 1 aromatic carbocycles. The van der Waals surface area contributed by atoms with Gasteiger partial charge in [0, 0.05) is 11.3 Å². The molecular formula is C8H7N2O. The van der Waals surface area contributed by atoms with Crippen LogP contribution in [-0.4, -0.2) is 12.6 Å². The Morgan fingerprint density at radius 1 is 1.45 bits per heavy atom. The van der Waals surface area contributed by atoms with Crippen molar-refractivity contribution in [1.82, 2.24) is 0 Å². The first-order chi connectivity index (χ1) is 5.34. The predicted molar refractivity (Wildman–Crippen MR) is 43.5 cm³/mol. The van der Waals surface area contributed by atoms with E-state index in [9.17, 15) is 4.79 Å². The van der Waals surface area contributed by atoms with Gasteiger partial charge in [0.05, 0.1) is 0 Å². The minimum atomic E-state index is 0.423. The van der Waals surface area contributed by atoms with Crippen LogP contribution in [0.1, 0.15) is 5.56 Å². The fraction of sp³-hybridized carbons (Fsp3) is 0. The summed E-state index contributed by atoms with van der Waals surface area (Å²) in [6, 6.07) is 7.07. The summed E-state index contributed by atoms with van der Waals surface area (Å²) in [7, 11) is 0. The van der Waals surface area contributed by atoms with Gasteiger partial charge in [-0.3, -0.25) is 4.79 Å². The summed E-state index contributed by atoms with van der Waals surface area (Å²) >= 11 is 0. The average Bonchev–Trinajstić information content (AvgIpc) is 2.03. The minimum Gasteiger partial charge on any atom is -0.398 e. The Morgan fingerprint density at radius 2 is 2.18 bits per heavy atom. The lowest BCUT2D eigenvalue weighted by atomic mass is 10.2. The molecule has 0 atom stereocenters. The summed E-state index contributed by atoms with van der Waals surface area (Å²) in [6.45, 7) is 0. The topological polar surface area (TPSA) is 55.4 Å². The summed E-state index contributed by atoms with van der Waals surface area (Å²) < 4.78 is 0. The first kappa shape index (κ1) is 7.47. The van der Waals surface area contributed by atoms with Crippen molar-refractivity contribution in [3.05, 3.63) is 29.8 Å². The first-order valence-electron chi connectivity index (χ1n) is 3.08. The van der Waals surface area contributed by atoms with Crippen LogP contribution >= 0.6 is 0 Å². The molecular weight excluding hydrogens is 140 g/mol. The highest BCUT2D eigenvalue weighted by Gasteiger charge is 1.91. The molecule has 0 saturated carbocycles. The molecule has 0 aliphatic carbocycles. The van der Waals surface area contributed by atoms with E-state index in [-0.39, 0.29) is 0 Å². The number of para-hydroxylation sites is 1. The minimum absolute atomic E-state index is 0.423. The Labute approximate surface area is 64.6 Å². The normalized spacial score (nSPS) is 10.2. The van der Waals surface area contributed by atoms with E-state index in [2.05, 4.69) is 11.2 Å². The number of nitrogens with zero attached hydrogens (tertiary/aromatic N) is 1. The van der Waals surface area contributed by atoms with Gasteiger partial charge in [0.2, 0.25) is 6.41 Å². The van der Waals surface area contributed by atoms with Crippen LogP contribution in [0.15, 0.2) is 29.3 Å². The smallest absolute Gasteiger partial charge is 0.233 e. The predicted octanol–water partition coefficient (Wildman–Crippen LogP) is 0.721. The summed E-state index contributed by atoms with van der Waals surface area (Å²) in [5.74, 6) is 0. The van der Waals surface area contributed by atoms with Crippen LogP contribution in [0.5, 0.6) is 0 Å². The molecule has 1 radical (unpaired) electrons. The molecule has 0 spiro atoms. The highest BCUT2D eigenvalue weighted by molar-refractivity contribution is 5.90. The highest BCUT2D eigenvalue weighted by Crippen LogP contribution is 2.06. The maximum atomic E-state index is 9.82. The molecule has 0 unspecified atom stereocenters. The molecule has 0 aromatic heterocycles. The molecule has 55 valence electrons. The van der Waals surface area contributed by atoms with Gasteiger partial charge in [0.25, 0.3) is 0 Å². The van der Waals surface area contributed by atoms with Crippen LogP contribution in [0.2, 0.25) is 0 Å². The van der Waals surface area contributed by atoms with Crippen molar-refractivity contribution in [3.63, 3.8) is 0 Å². The Hall–Kier alpha value is -1.64. The zero-order chi connectivity index (χ0) is 8.10. The number of carbonyl (C=O) groups excluding carboxylic acids is 1. The van der Waals surface area contributed by atoms with Crippen LogP contribution in [-0.2, 0) is 4.79 Å². The number of benzene rings is 1. The molecule has 11 heavy (non-hydrogen) atoms. The molecule has 3 nitrogen and oxygen atoms in total. The molecule has 0 aliphatic heterocycles. The number of hydrogen-bond donors (Lipinski definition) is 1. The number of nitrogens with two attached hydrogens (primary N) is 1. The number of anilines is 1. The summed E-state index contributed by atoms with van der Waals surface area (Å²) in [5.41, 5.74) is 6.73. The van der Waals surface area contributed by atoms with E-state index in [1.807, 2.05) is 0 Å². The lowest BCUT2D eigenvalue weighted by Crippen LogP contribution is -1.91. The van der Waals surface area contributed by atoms with Crippen molar-refractivity contribution in [2.24, 2.45) is 4.99 Å². The van der Waals surface area contributed by atoms with Crippen molar-refractivity contribution < 1.29 is 4.79 Å². The third-order valence-electron chi connectivity index (χ3n) is 1.20. The number of aliphatic imine (C=N–C) groups is 1. The molecule has 0 saturated heterocycles. The van der Waals surface area contributed by atoms with Crippen molar-refractivity contribution >= 4 is 18.3 Å². The Morgan fingerprint density at radius 3 is 2.82 bits per heavy atom. The average molecular weight is 147 g/mol. The third-order valence-corrected chi connectivity index (χ3v) is 1.20. The number of rotatable bonds is 2. The fourth-order valence-electron chi connectivity index (χ4n) is 0.695. The number of nitrogen functional groups attached to an aromatic ring is 1. The molecule has 2 N–H and O–H groups in total. The molecule has 1 rings (SSSR count). The quantitative estimate of drug-likeness (QED) is 0.380. The van der Waals surface area contributed by atoms with Crippen LogP contribution in [0, 0.1) is 0 Å². The van der Waals surface area contributed by atoms with Gasteiger partial charge in [-0.15, -0.1) is 0 Å². The van der Waals surface area contributed by atoms with Gasteiger partial charge in [-0.1, -0.05) is 18.2 Å². The number of hydrogen-bond acceptors (Lipinski definition) is 2. The van der Waals surface area contributed by atoms with Crippen molar-refractivity contribution in [2.45, 2.75) is 0 Å². The number of amides is 1. The second kappa shape index (κ2) is 3.51. The third kappa shape index (κ3) is 1.89.